The molecule has 1 aliphatic rings. The molecular weight excluding hydrogens is 319 g/mol. The van der Waals surface area contributed by atoms with E-state index in [1.165, 1.54) is 18.2 Å². The van der Waals surface area contributed by atoms with Crippen molar-refractivity contribution in [3.8, 4) is 11.1 Å². The van der Waals surface area contributed by atoms with Crippen molar-refractivity contribution in [2.24, 2.45) is 11.5 Å². The zero-order valence-electron chi connectivity index (χ0n) is 13.4. The predicted molar refractivity (Wildman–Crippen MR) is 94.1 cm³/mol. The number of alkyl halides is 1. The van der Waals surface area contributed by atoms with Gasteiger partial charge in [-0.25, -0.2) is 4.39 Å². The van der Waals surface area contributed by atoms with Gasteiger partial charge in [0.15, 0.2) is 6.17 Å². The van der Waals surface area contributed by atoms with Gasteiger partial charge in [0.05, 0.1) is 5.57 Å². The second kappa shape index (κ2) is 6.36. The number of carbonyl (C=O) groups is 2. The summed E-state index contributed by atoms with van der Waals surface area (Å²) < 4.78 is 15.1. The van der Waals surface area contributed by atoms with E-state index in [1.54, 1.807) is 24.3 Å². The summed E-state index contributed by atoms with van der Waals surface area (Å²) in [5, 5.41) is 0. The highest BCUT2D eigenvalue weighted by Gasteiger charge is 2.48. The lowest BCUT2D eigenvalue weighted by Crippen LogP contribution is -2.50. The van der Waals surface area contributed by atoms with Crippen LogP contribution in [0.25, 0.3) is 11.1 Å². The molecule has 2 aromatic rings. The van der Waals surface area contributed by atoms with E-state index in [0.717, 1.165) is 11.1 Å². The van der Waals surface area contributed by atoms with Gasteiger partial charge >= 0.3 is 0 Å². The van der Waals surface area contributed by atoms with Crippen LogP contribution in [0.2, 0.25) is 0 Å². The number of halogens is 1. The van der Waals surface area contributed by atoms with Crippen LogP contribution in [0.3, 0.4) is 0 Å². The molecule has 0 aliphatic heterocycles. The van der Waals surface area contributed by atoms with Crippen LogP contribution in [0, 0.1) is 0 Å². The Kier molecular flexibility index (Phi) is 4.23. The number of primary amides is 2. The molecule has 0 heterocycles. The lowest BCUT2D eigenvalue weighted by atomic mass is 9.70. The SMILES string of the molecule is NC(=O)C1=CC=CC(C(N)=O)(c2ccc(-c3ccccc3)cc2)C1F. The monoisotopic (exact) mass is 336 g/mol. The number of hydrogen-bond acceptors (Lipinski definition) is 2. The van der Waals surface area contributed by atoms with Crippen molar-refractivity contribution in [2.45, 2.75) is 11.6 Å². The molecule has 1 aliphatic carbocycles. The number of allylic oxidation sites excluding steroid dienone is 2. The second-order valence-corrected chi connectivity index (χ2v) is 5.88. The fourth-order valence-corrected chi connectivity index (χ4v) is 3.09. The highest BCUT2D eigenvalue weighted by molar-refractivity contribution is 5.99. The maximum atomic E-state index is 15.1. The molecular formula is C20H17FN2O2. The van der Waals surface area contributed by atoms with Crippen molar-refractivity contribution in [3.05, 3.63) is 84.0 Å². The number of amides is 2. The van der Waals surface area contributed by atoms with Gasteiger partial charge in [0.25, 0.3) is 0 Å². The molecule has 4 N–H and O–H groups in total. The van der Waals surface area contributed by atoms with E-state index >= 15 is 4.39 Å². The van der Waals surface area contributed by atoms with Gasteiger partial charge < -0.3 is 11.5 Å². The van der Waals surface area contributed by atoms with Gasteiger partial charge in [-0.15, -0.1) is 0 Å². The fourth-order valence-electron chi connectivity index (χ4n) is 3.09. The standard InChI is InChI=1S/C20H17FN2O2/c21-17-16(18(22)24)7-4-12-20(17,19(23)25)15-10-8-14(9-11-15)13-5-2-1-3-6-13/h1-12,17H,(H2,22,24)(H2,23,25). The van der Waals surface area contributed by atoms with Gasteiger partial charge in [-0.05, 0) is 16.7 Å². The predicted octanol–water partition coefficient (Wildman–Crippen LogP) is 2.40. The molecule has 0 bridgehead atoms. The summed E-state index contributed by atoms with van der Waals surface area (Å²) in [5.74, 6) is -1.79. The third-order valence-corrected chi connectivity index (χ3v) is 4.47. The first-order chi connectivity index (χ1) is 12.0. The smallest absolute Gasteiger partial charge is 0.247 e. The topological polar surface area (TPSA) is 86.2 Å². The lowest BCUT2D eigenvalue weighted by molar-refractivity contribution is -0.124. The van der Waals surface area contributed by atoms with Crippen LogP contribution in [-0.4, -0.2) is 18.0 Å². The van der Waals surface area contributed by atoms with E-state index in [4.69, 9.17) is 11.5 Å². The quantitative estimate of drug-likeness (QED) is 0.898. The van der Waals surface area contributed by atoms with E-state index in [1.807, 2.05) is 30.3 Å². The van der Waals surface area contributed by atoms with Gasteiger partial charge in [0.2, 0.25) is 11.8 Å². The fraction of sp³-hybridized carbons (Fsp3) is 0.100. The molecule has 3 rings (SSSR count). The Morgan fingerprint density at radius 3 is 2.08 bits per heavy atom. The van der Waals surface area contributed by atoms with Crippen LogP contribution >= 0.6 is 0 Å². The van der Waals surface area contributed by atoms with Crippen molar-refractivity contribution >= 4 is 11.8 Å². The first-order valence-electron chi connectivity index (χ1n) is 7.76. The molecule has 5 heteroatoms. The minimum absolute atomic E-state index is 0.270. The largest absolute Gasteiger partial charge is 0.369 e. The third-order valence-electron chi connectivity index (χ3n) is 4.47. The molecule has 0 radical (unpaired) electrons. The van der Waals surface area contributed by atoms with E-state index in [0.29, 0.717) is 5.56 Å². The number of nitrogens with two attached hydrogens (primary N) is 2. The zero-order valence-corrected chi connectivity index (χ0v) is 13.4. The highest BCUT2D eigenvalue weighted by atomic mass is 19.1. The normalized spacial score (nSPS) is 22.3. The number of rotatable bonds is 4. The molecule has 0 saturated heterocycles. The van der Waals surface area contributed by atoms with Gasteiger partial charge in [0, 0.05) is 0 Å². The summed E-state index contributed by atoms with van der Waals surface area (Å²) in [6.45, 7) is 0. The maximum Gasteiger partial charge on any atom is 0.247 e. The van der Waals surface area contributed by atoms with Crippen LogP contribution in [0.5, 0.6) is 0 Å². The van der Waals surface area contributed by atoms with Crippen LogP contribution in [0.15, 0.2) is 78.4 Å². The van der Waals surface area contributed by atoms with Crippen molar-refractivity contribution in [1.82, 2.24) is 0 Å². The van der Waals surface area contributed by atoms with Crippen molar-refractivity contribution in [3.63, 3.8) is 0 Å². The van der Waals surface area contributed by atoms with Gasteiger partial charge in [-0.2, -0.15) is 0 Å². The van der Waals surface area contributed by atoms with Crippen LogP contribution < -0.4 is 11.5 Å². The zero-order chi connectivity index (χ0) is 18.0. The Bertz CT molecular complexity index is 872. The molecule has 0 fully saturated rings. The average molecular weight is 336 g/mol. The number of benzene rings is 2. The summed E-state index contributed by atoms with van der Waals surface area (Å²) in [7, 11) is 0. The lowest BCUT2D eigenvalue weighted by Gasteiger charge is -2.34. The van der Waals surface area contributed by atoms with Crippen LogP contribution in [-0.2, 0) is 15.0 Å². The van der Waals surface area contributed by atoms with Crippen molar-refractivity contribution in [2.75, 3.05) is 0 Å². The van der Waals surface area contributed by atoms with E-state index in [-0.39, 0.29) is 5.57 Å². The molecule has 0 spiro atoms. The first kappa shape index (κ1) is 16.6. The Labute approximate surface area is 144 Å². The molecule has 2 amide bonds. The Morgan fingerprint density at radius 1 is 0.920 bits per heavy atom. The summed E-state index contributed by atoms with van der Waals surface area (Å²) in [6.07, 6.45) is 2.15. The molecule has 2 aromatic carbocycles. The molecule has 126 valence electrons. The van der Waals surface area contributed by atoms with Crippen LogP contribution in [0.4, 0.5) is 4.39 Å². The summed E-state index contributed by atoms with van der Waals surface area (Å²) >= 11 is 0. The molecule has 2 atom stereocenters. The number of hydrogen-bond donors (Lipinski definition) is 2. The maximum absolute atomic E-state index is 15.1. The van der Waals surface area contributed by atoms with E-state index in [2.05, 4.69) is 0 Å². The van der Waals surface area contributed by atoms with Crippen LogP contribution in [0.1, 0.15) is 5.56 Å². The minimum atomic E-state index is -1.94. The Morgan fingerprint density at radius 2 is 1.52 bits per heavy atom. The third kappa shape index (κ3) is 2.74. The minimum Gasteiger partial charge on any atom is -0.369 e. The van der Waals surface area contributed by atoms with Crippen molar-refractivity contribution in [1.29, 1.82) is 0 Å². The van der Waals surface area contributed by atoms with E-state index < -0.39 is 23.4 Å². The molecule has 25 heavy (non-hydrogen) atoms. The molecule has 4 nitrogen and oxygen atoms in total. The Balaban J connectivity index is 2.06. The van der Waals surface area contributed by atoms with Crippen molar-refractivity contribution < 1.29 is 14.0 Å². The highest BCUT2D eigenvalue weighted by Crippen LogP contribution is 2.38. The van der Waals surface area contributed by atoms with Gasteiger partial charge in [0.1, 0.15) is 5.41 Å². The second-order valence-electron chi connectivity index (χ2n) is 5.88. The first-order valence-corrected chi connectivity index (χ1v) is 7.76. The molecule has 0 aromatic heterocycles. The Hall–Kier alpha value is -3.21. The average Bonchev–Trinajstić information content (AvgIpc) is 2.62. The summed E-state index contributed by atoms with van der Waals surface area (Å²) in [6, 6.07) is 16.5. The number of carbonyl (C=O) groups excluding carboxylic acids is 2. The molecule has 2 unspecified atom stereocenters. The van der Waals surface area contributed by atoms with E-state index in [9.17, 15) is 9.59 Å². The van der Waals surface area contributed by atoms with Gasteiger partial charge in [-0.1, -0.05) is 72.8 Å². The summed E-state index contributed by atoms with van der Waals surface area (Å²) in [5.41, 5.74) is 11.0. The van der Waals surface area contributed by atoms with Gasteiger partial charge in [-0.3, -0.25) is 9.59 Å². The summed E-state index contributed by atoms with van der Waals surface area (Å²) in [4.78, 5) is 23.6. The molecule has 0 saturated carbocycles.